The van der Waals surface area contributed by atoms with Crippen molar-refractivity contribution in [1.82, 2.24) is 20.7 Å². The Morgan fingerprint density at radius 3 is 2.30 bits per heavy atom. The zero-order valence-corrected chi connectivity index (χ0v) is 18.2. The molecule has 6 amide bonds. The van der Waals surface area contributed by atoms with Crippen LogP contribution in [0.25, 0.3) is 0 Å². The second kappa shape index (κ2) is 7.67. The van der Waals surface area contributed by atoms with Crippen LogP contribution in [-0.2, 0) is 28.7 Å². The van der Waals surface area contributed by atoms with Crippen molar-refractivity contribution in [2.75, 3.05) is 13.2 Å². The van der Waals surface area contributed by atoms with Gasteiger partial charge in [-0.15, -0.1) is 0 Å². The molecule has 3 aliphatic carbocycles. The number of hydrogen-bond donors (Lipinski definition) is 2. The summed E-state index contributed by atoms with van der Waals surface area (Å²) < 4.78 is 4.90. The number of likely N-dealkylation sites (tertiary alicyclic amines) is 1. The fourth-order valence-corrected chi connectivity index (χ4v) is 5.91. The number of rotatable bonds is 5. The van der Waals surface area contributed by atoms with Crippen LogP contribution in [0.5, 0.6) is 0 Å². The molecule has 2 N–H and O–H groups in total. The maximum absolute atomic E-state index is 12.8. The van der Waals surface area contributed by atoms with E-state index >= 15 is 0 Å². The first kappa shape index (κ1) is 21.6. The second-order valence-corrected chi connectivity index (χ2v) is 9.79. The van der Waals surface area contributed by atoms with Crippen molar-refractivity contribution >= 4 is 35.6 Å². The van der Waals surface area contributed by atoms with Crippen molar-refractivity contribution in [3.63, 3.8) is 0 Å². The molecule has 0 aromatic carbocycles. The van der Waals surface area contributed by atoms with Gasteiger partial charge >= 0.3 is 12.0 Å². The zero-order chi connectivity index (χ0) is 23.5. The molecule has 33 heavy (non-hydrogen) atoms. The highest BCUT2D eigenvalue weighted by molar-refractivity contribution is 6.09. The molecule has 5 rings (SSSR count). The zero-order valence-electron chi connectivity index (χ0n) is 18.2. The van der Waals surface area contributed by atoms with Gasteiger partial charge in [-0.3, -0.25) is 34.3 Å². The van der Waals surface area contributed by atoms with E-state index in [9.17, 15) is 28.8 Å². The first-order valence-electron chi connectivity index (χ1n) is 11.4. The molecule has 4 unspecified atom stereocenters. The summed E-state index contributed by atoms with van der Waals surface area (Å²) in [5.74, 6) is -3.38. The van der Waals surface area contributed by atoms with Crippen LogP contribution in [0.2, 0.25) is 0 Å². The van der Waals surface area contributed by atoms with Crippen LogP contribution >= 0.6 is 0 Å². The van der Waals surface area contributed by atoms with Gasteiger partial charge in [0, 0.05) is 0 Å². The van der Waals surface area contributed by atoms with E-state index in [-0.39, 0.29) is 23.7 Å². The Balaban J connectivity index is 1.12. The molecule has 1 spiro atoms. The van der Waals surface area contributed by atoms with Gasteiger partial charge in [-0.2, -0.15) is 5.01 Å². The summed E-state index contributed by atoms with van der Waals surface area (Å²) in [5.41, 5.74) is 1.18. The molecule has 176 valence electrons. The number of amides is 6. The molecule has 0 aromatic heterocycles. The Bertz CT molecular complexity index is 953. The van der Waals surface area contributed by atoms with Crippen molar-refractivity contribution in [2.24, 2.45) is 29.6 Å². The Labute approximate surface area is 189 Å². The van der Waals surface area contributed by atoms with E-state index in [2.05, 4.69) is 17.7 Å². The van der Waals surface area contributed by atoms with Crippen LogP contribution in [0, 0.1) is 29.6 Å². The van der Waals surface area contributed by atoms with Gasteiger partial charge in [0.15, 0.2) is 6.61 Å². The summed E-state index contributed by atoms with van der Waals surface area (Å²) in [6, 6.07) is -0.725. The minimum atomic E-state index is -1.00. The average molecular weight is 458 g/mol. The van der Waals surface area contributed by atoms with E-state index in [1.54, 1.807) is 0 Å². The van der Waals surface area contributed by atoms with Crippen LogP contribution in [0.3, 0.4) is 0 Å². The number of esters is 1. The number of nitrogens with one attached hydrogen (secondary N) is 2. The number of urea groups is 1. The average Bonchev–Trinajstić information content (AvgIpc) is 3.51. The summed E-state index contributed by atoms with van der Waals surface area (Å²) in [6.07, 6.45) is 7.27. The lowest BCUT2D eigenvalue weighted by Crippen LogP contribution is -2.52. The molecule has 11 nitrogen and oxygen atoms in total. The van der Waals surface area contributed by atoms with Crippen molar-refractivity contribution in [3.8, 4) is 0 Å². The quantitative estimate of drug-likeness (QED) is 0.253. The highest BCUT2D eigenvalue weighted by Crippen LogP contribution is 2.52. The monoisotopic (exact) mass is 458 g/mol. The molecule has 2 bridgehead atoms. The lowest BCUT2D eigenvalue weighted by molar-refractivity contribution is -0.156. The van der Waals surface area contributed by atoms with Gasteiger partial charge in [-0.05, 0) is 49.9 Å². The number of hydrogen-bond acceptors (Lipinski definition) is 7. The molecule has 2 saturated carbocycles. The third-order valence-electron chi connectivity index (χ3n) is 7.74. The van der Waals surface area contributed by atoms with E-state index in [1.165, 1.54) is 0 Å². The molecular formula is C22H26N4O7. The lowest BCUT2D eigenvalue weighted by Gasteiger charge is -2.33. The number of imide groups is 2. The molecule has 2 aliphatic heterocycles. The van der Waals surface area contributed by atoms with Gasteiger partial charge in [0.25, 0.3) is 11.8 Å². The molecule has 5 aliphatic rings. The van der Waals surface area contributed by atoms with Crippen LogP contribution in [0.15, 0.2) is 12.2 Å². The van der Waals surface area contributed by atoms with E-state index in [0.717, 1.165) is 24.2 Å². The van der Waals surface area contributed by atoms with Gasteiger partial charge in [0.05, 0.1) is 11.8 Å². The molecule has 4 atom stereocenters. The molecular weight excluding hydrogens is 432 g/mol. The summed E-state index contributed by atoms with van der Waals surface area (Å²) >= 11 is 0. The van der Waals surface area contributed by atoms with Gasteiger partial charge in [0.2, 0.25) is 11.8 Å². The summed E-state index contributed by atoms with van der Waals surface area (Å²) in [7, 11) is 0. The minimum absolute atomic E-state index is 0.0306. The van der Waals surface area contributed by atoms with Gasteiger partial charge in [-0.25, -0.2) is 4.79 Å². The molecule has 2 saturated heterocycles. The van der Waals surface area contributed by atoms with Crippen LogP contribution in [0.4, 0.5) is 4.79 Å². The van der Waals surface area contributed by atoms with Gasteiger partial charge in [0.1, 0.15) is 12.1 Å². The third kappa shape index (κ3) is 3.41. The Kier molecular flexibility index (Phi) is 5.02. The maximum Gasteiger partial charge on any atom is 0.344 e. The van der Waals surface area contributed by atoms with Crippen molar-refractivity contribution in [1.29, 1.82) is 0 Å². The fourth-order valence-electron chi connectivity index (χ4n) is 5.91. The first-order chi connectivity index (χ1) is 15.7. The molecule has 2 heterocycles. The summed E-state index contributed by atoms with van der Waals surface area (Å²) in [4.78, 5) is 75.6. The molecule has 0 aromatic rings. The number of ether oxygens (including phenoxy) is 1. The largest absolute Gasteiger partial charge is 0.454 e. The van der Waals surface area contributed by atoms with Crippen molar-refractivity contribution in [3.05, 3.63) is 12.2 Å². The Morgan fingerprint density at radius 1 is 1.09 bits per heavy atom. The molecule has 11 heteroatoms. The number of fused-ring (bicyclic) bond motifs is 5. The van der Waals surface area contributed by atoms with Gasteiger partial charge < -0.3 is 10.1 Å². The number of carbonyl (C=O) groups excluding carboxylic acids is 6. The predicted octanol–water partition coefficient (Wildman–Crippen LogP) is -0.131. The third-order valence-corrected chi connectivity index (χ3v) is 7.74. The van der Waals surface area contributed by atoms with Crippen molar-refractivity contribution < 1.29 is 33.5 Å². The highest BCUT2D eigenvalue weighted by Gasteiger charge is 2.59. The second-order valence-electron chi connectivity index (χ2n) is 9.79. The number of allylic oxidation sites excluding steroid dienone is 2. The number of hydrazine groups is 1. The summed E-state index contributed by atoms with van der Waals surface area (Å²) in [6.45, 7) is 0.760. The number of nitrogens with zero attached hydrogens (tertiary/aromatic N) is 2. The first-order valence-corrected chi connectivity index (χ1v) is 11.4. The van der Waals surface area contributed by atoms with Crippen LogP contribution in [-0.4, -0.2) is 64.2 Å². The standard InChI is InChI=1S/C22H26N4O7/c1-11-4-6-22(7-5-11)20(31)26(21(32)23-22)24-14(27)10-33-15(28)9-25-18(29)16-12-2-3-13(8-12)17(16)19(25)30/h2-3,11-13,16-17H,4-10H2,1H3,(H,23,32)(H,24,27). The topological polar surface area (TPSA) is 142 Å². The maximum atomic E-state index is 12.8. The van der Waals surface area contributed by atoms with Crippen LogP contribution < -0.4 is 10.7 Å². The van der Waals surface area contributed by atoms with E-state index in [0.29, 0.717) is 23.8 Å². The normalized spacial score (nSPS) is 36.6. The summed E-state index contributed by atoms with van der Waals surface area (Å²) in [5, 5.41) is 3.31. The molecule has 0 radical (unpaired) electrons. The Morgan fingerprint density at radius 2 is 1.70 bits per heavy atom. The van der Waals surface area contributed by atoms with Crippen molar-refractivity contribution in [2.45, 2.75) is 44.6 Å². The van der Waals surface area contributed by atoms with Crippen LogP contribution in [0.1, 0.15) is 39.0 Å². The minimum Gasteiger partial charge on any atom is -0.454 e. The predicted molar refractivity (Wildman–Crippen MR) is 109 cm³/mol. The highest BCUT2D eigenvalue weighted by atomic mass is 16.5. The van der Waals surface area contributed by atoms with E-state index in [4.69, 9.17) is 4.74 Å². The van der Waals surface area contributed by atoms with Gasteiger partial charge in [-0.1, -0.05) is 19.1 Å². The number of carbonyl (C=O) groups is 6. The Hall–Kier alpha value is -3.24. The smallest absolute Gasteiger partial charge is 0.344 e. The van der Waals surface area contributed by atoms with E-state index < -0.39 is 54.3 Å². The fraction of sp³-hybridized carbons (Fsp3) is 0.636. The SMILES string of the molecule is CC1CCC2(CC1)NC(=O)N(NC(=O)COC(=O)CN1C(=O)C3C4C=CC(C4)C3C1=O)C2=O. The lowest BCUT2D eigenvalue weighted by atomic mass is 9.77. The van der Waals surface area contributed by atoms with E-state index in [1.807, 2.05) is 12.2 Å². The molecule has 4 fully saturated rings.